The van der Waals surface area contributed by atoms with E-state index in [0.29, 0.717) is 13.2 Å². The van der Waals surface area contributed by atoms with Crippen molar-refractivity contribution in [3.8, 4) is 0 Å². The molecule has 1 fully saturated rings. The monoisotopic (exact) mass is 338 g/mol. The lowest BCUT2D eigenvalue weighted by Crippen LogP contribution is -2.44. The Labute approximate surface area is 144 Å². The summed E-state index contributed by atoms with van der Waals surface area (Å²) in [6.45, 7) is 6.97. The average Bonchev–Trinajstić information content (AvgIpc) is 3.03. The summed E-state index contributed by atoms with van der Waals surface area (Å²) in [4.78, 5) is 14.9. The van der Waals surface area contributed by atoms with Gasteiger partial charge in [0.25, 0.3) is 0 Å². The van der Waals surface area contributed by atoms with E-state index >= 15 is 0 Å². The first kappa shape index (κ1) is 18.2. The van der Waals surface area contributed by atoms with Crippen LogP contribution in [0.5, 0.6) is 0 Å². The molecule has 5 heteroatoms. The van der Waals surface area contributed by atoms with E-state index in [1.807, 2.05) is 26.0 Å². The van der Waals surface area contributed by atoms with Gasteiger partial charge in [-0.15, -0.1) is 0 Å². The molecule has 0 unspecified atom stereocenters. The van der Waals surface area contributed by atoms with Crippen molar-refractivity contribution in [2.24, 2.45) is 5.41 Å². The Morgan fingerprint density at radius 2 is 1.91 bits per heavy atom. The normalized spacial score (nSPS) is 17.2. The van der Waals surface area contributed by atoms with Crippen molar-refractivity contribution < 1.29 is 9.53 Å². The number of likely N-dealkylation sites (tertiary alicyclic amines) is 1. The number of methoxy groups -OCH3 is 1. The zero-order valence-electron chi connectivity index (χ0n) is 14.3. The minimum absolute atomic E-state index is 0.0255. The van der Waals surface area contributed by atoms with E-state index in [1.54, 1.807) is 7.11 Å². The molecule has 128 valence electrons. The molecule has 0 bridgehead atoms. The fourth-order valence-electron chi connectivity index (χ4n) is 3.05. The predicted molar refractivity (Wildman–Crippen MR) is 93.7 cm³/mol. The number of amides is 1. The van der Waals surface area contributed by atoms with Gasteiger partial charge in [0.15, 0.2) is 0 Å². The van der Waals surface area contributed by atoms with Crippen LogP contribution < -0.4 is 5.32 Å². The average molecular weight is 339 g/mol. The largest absolute Gasteiger partial charge is 0.384 e. The number of carbonyl (C=O) groups is 1. The molecule has 1 aromatic rings. The smallest absolute Gasteiger partial charge is 0.228 e. The Bertz CT molecular complexity index is 510. The number of benzene rings is 1. The first-order valence-electron chi connectivity index (χ1n) is 8.21. The number of rotatable bonds is 7. The van der Waals surface area contributed by atoms with Crippen molar-refractivity contribution >= 4 is 17.5 Å². The van der Waals surface area contributed by atoms with Gasteiger partial charge in [0, 0.05) is 18.7 Å². The SMILES string of the molecule is COCC(C)(C)C(=O)NC[C@@H](c1ccc(Cl)cc1)N1CCCC1. The van der Waals surface area contributed by atoms with Gasteiger partial charge in [0.2, 0.25) is 5.91 Å². The van der Waals surface area contributed by atoms with E-state index in [9.17, 15) is 4.79 Å². The molecule has 0 aromatic heterocycles. The van der Waals surface area contributed by atoms with E-state index < -0.39 is 5.41 Å². The molecule has 0 saturated carbocycles. The number of nitrogens with zero attached hydrogens (tertiary/aromatic N) is 1. The number of hydrogen-bond donors (Lipinski definition) is 1. The molecule has 23 heavy (non-hydrogen) atoms. The number of nitrogens with one attached hydrogen (secondary N) is 1. The van der Waals surface area contributed by atoms with Gasteiger partial charge in [0.05, 0.1) is 18.1 Å². The quantitative estimate of drug-likeness (QED) is 0.829. The third-order valence-corrected chi connectivity index (χ3v) is 4.66. The molecular formula is C18H27ClN2O2. The van der Waals surface area contributed by atoms with Gasteiger partial charge in [-0.05, 0) is 57.5 Å². The molecule has 1 saturated heterocycles. The van der Waals surface area contributed by atoms with Crippen LogP contribution in [0, 0.1) is 5.41 Å². The van der Waals surface area contributed by atoms with Crippen molar-refractivity contribution in [2.45, 2.75) is 32.7 Å². The maximum Gasteiger partial charge on any atom is 0.228 e. The number of hydrogen-bond acceptors (Lipinski definition) is 3. The minimum atomic E-state index is -0.524. The Hall–Kier alpha value is -1.10. The van der Waals surface area contributed by atoms with Crippen LogP contribution in [0.1, 0.15) is 38.3 Å². The first-order chi connectivity index (χ1) is 10.9. The lowest BCUT2D eigenvalue weighted by atomic mass is 9.93. The van der Waals surface area contributed by atoms with Crippen molar-refractivity contribution in [3.63, 3.8) is 0 Å². The third-order valence-electron chi connectivity index (χ3n) is 4.41. The van der Waals surface area contributed by atoms with Gasteiger partial charge in [0.1, 0.15) is 0 Å². The Morgan fingerprint density at radius 3 is 2.48 bits per heavy atom. The highest BCUT2D eigenvalue weighted by atomic mass is 35.5. The molecule has 1 aliphatic heterocycles. The van der Waals surface area contributed by atoms with Gasteiger partial charge in [-0.1, -0.05) is 23.7 Å². The summed E-state index contributed by atoms with van der Waals surface area (Å²) in [5.74, 6) is 0.0255. The summed E-state index contributed by atoms with van der Waals surface area (Å²) in [6.07, 6.45) is 2.43. The molecule has 4 nitrogen and oxygen atoms in total. The maximum atomic E-state index is 12.4. The van der Waals surface area contributed by atoms with E-state index in [4.69, 9.17) is 16.3 Å². The number of ether oxygens (including phenoxy) is 1. The van der Waals surface area contributed by atoms with E-state index in [1.165, 1.54) is 18.4 Å². The topological polar surface area (TPSA) is 41.6 Å². The Kier molecular flexibility index (Phi) is 6.45. The second-order valence-corrected chi connectivity index (χ2v) is 7.27. The standard InChI is InChI=1S/C18H27ClN2O2/c1-18(2,13-23-3)17(22)20-12-16(21-10-4-5-11-21)14-6-8-15(19)9-7-14/h6-9,16H,4-5,10-13H2,1-3H3,(H,20,22)/t16-/m0/s1. The summed E-state index contributed by atoms with van der Waals surface area (Å²) in [5.41, 5.74) is 0.672. The highest BCUT2D eigenvalue weighted by Gasteiger charge is 2.29. The molecule has 1 atom stereocenters. The van der Waals surface area contributed by atoms with Gasteiger partial charge in [-0.25, -0.2) is 0 Å². The van der Waals surface area contributed by atoms with Crippen LogP contribution in [-0.4, -0.2) is 44.2 Å². The molecule has 0 aliphatic carbocycles. The van der Waals surface area contributed by atoms with Crippen LogP contribution >= 0.6 is 11.6 Å². The van der Waals surface area contributed by atoms with Crippen LogP contribution in [0.15, 0.2) is 24.3 Å². The second-order valence-electron chi connectivity index (χ2n) is 6.84. The molecular weight excluding hydrogens is 312 g/mol. The zero-order chi connectivity index (χ0) is 16.9. The molecule has 1 aliphatic rings. The third kappa shape index (κ3) is 4.93. The predicted octanol–water partition coefficient (Wildman–Crippen LogP) is 3.27. The van der Waals surface area contributed by atoms with Crippen molar-refractivity contribution in [1.29, 1.82) is 0 Å². The highest BCUT2D eigenvalue weighted by Crippen LogP contribution is 2.26. The van der Waals surface area contributed by atoms with Gasteiger partial charge < -0.3 is 10.1 Å². The van der Waals surface area contributed by atoms with Crippen molar-refractivity contribution in [3.05, 3.63) is 34.9 Å². The lowest BCUT2D eigenvalue weighted by Gasteiger charge is -2.30. The number of carbonyl (C=O) groups excluding carboxylic acids is 1. The van der Waals surface area contributed by atoms with Crippen LogP contribution in [0.3, 0.4) is 0 Å². The highest BCUT2D eigenvalue weighted by molar-refractivity contribution is 6.30. The summed E-state index contributed by atoms with van der Waals surface area (Å²) < 4.78 is 5.15. The van der Waals surface area contributed by atoms with Gasteiger partial charge >= 0.3 is 0 Å². The molecule has 0 spiro atoms. The molecule has 1 aromatic carbocycles. The fourth-order valence-corrected chi connectivity index (χ4v) is 3.18. The molecule has 1 heterocycles. The van der Waals surface area contributed by atoms with Gasteiger partial charge in [-0.2, -0.15) is 0 Å². The Balaban J connectivity index is 2.06. The van der Waals surface area contributed by atoms with Crippen LogP contribution in [0.4, 0.5) is 0 Å². The summed E-state index contributed by atoms with van der Waals surface area (Å²) in [5, 5.41) is 3.84. The summed E-state index contributed by atoms with van der Waals surface area (Å²) in [7, 11) is 1.62. The maximum absolute atomic E-state index is 12.4. The zero-order valence-corrected chi connectivity index (χ0v) is 15.0. The molecule has 1 N–H and O–H groups in total. The van der Waals surface area contributed by atoms with E-state index in [2.05, 4.69) is 22.3 Å². The van der Waals surface area contributed by atoms with Crippen molar-refractivity contribution in [2.75, 3.05) is 33.4 Å². The van der Waals surface area contributed by atoms with Crippen LogP contribution in [-0.2, 0) is 9.53 Å². The van der Waals surface area contributed by atoms with Crippen LogP contribution in [0.2, 0.25) is 5.02 Å². The Morgan fingerprint density at radius 1 is 1.30 bits per heavy atom. The van der Waals surface area contributed by atoms with Gasteiger partial charge in [-0.3, -0.25) is 9.69 Å². The first-order valence-corrected chi connectivity index (χ1v) is 8.58. The van der Waals surface area contributed by atoms with E-state index in [-0.39, 0.29) is 11.9 Å². The van der Waals surface area contributed by atoms with Crippen LogP contribution in [0.25, 0.3) is 0 Å². The van der Waals surface area contributed by atoms with Crippen molar-refractivity contribution in [1.82, 2.24) is 10.2 Å². The fraction of sp³-hybridized carbons (Fsp3) is 0.611. The molecule has 0 radical (unpaired) electrons. The minimum Gasteiger partial charge on any atom is -0.384 e. The molecule has 2 rings (SSSR count). The molecule has 1 amide bonds. The lowest BCUT2D eigenvalue weighted by molar-refractivity contribution is -0.132. The summed E-state index contributed by atoms with van der Waals surface area (Å²) >= 11 is 6.00. The second kappa shape index (κ2) is 8.13. The summed E-state index contributed by atoms with van der Waals surface area (Å²) in [6, 6.07) is 8.13. The number of halogens is 1. The van der Waals surface area contributed by atoms with E-state index in [0.717, 1.165) is 18.1 Å².